The number of rotatable bonds is 3. The Kier molecular flexibility index (Phi) is 14.6. The average molecular weight is 670 g/mol. The van der Waals surface area contributed by atoms with Crippen LogP contribution in [0, 0.1) is 0 Å². The van der Waals surface area contributed by atoms with Crippen LogP contribution in [0.25, 0.3) is 0 Å². The topological polar surface area (TPSA) is 163 Å². The lowest BCUT2D eigenvalue weighted by Crippen LogP contribution is -2.43. The van der Waals surface area contributed by atoms with Gasteiger partial charge in [-0.2, -0.15) is 0 Å². The lowest BCUT2D eigenvalue weighted by Gasteiger charge is -2.27. The number of hydrogen-bond donors (Lipinski definition) is 2. The standard InChI is InChI=1S/C10H16FNO4.C10H18FNO3.C10H16FNO3/c1-10(2,3)16-9(15)12-5-6(11)4-7(12)8(13)14;2*1-10(2,3)15-9(14)12-5-7(11)4-8(12)6-13/h6-7H,4-5H2,1-3H3,(H,13,14);7-8,13H,4-6H2,1-3H3;6-8H,4-5H2,1-3H3/t6-,7-;2*7-,8-/m000/s1. The van der Waals surface area contributed by atoms with Crippen molar-refractivity contribution in [2.75, 3.05) is 26.2 Å². The molecule has 3 amide bonds. The number of hydrogen-bond acceptors (Lipinski definition) is 9. The van der Waals surface area contributed by atoms with Crippen molar-refractivity contribution in [3.05, 3.63) is 0 Å². The zero-order valence-electron chi connectivity index (χ0n) is 28.1. The fourth-order valence-corrected chi connectivity index (χ4v) is 4.59. The Labute approximate surface area is 268 Å². The summed E-state index contributed by atoms with van der Waals surface area (Å²) in [6, 6.07) is -2.26. The van der Waals surface area contributed by atoms with Crippen molar-refractivity contribution in [3.63, 3.8) is 0 Å². The van der Waals surface area contributed by atoms with Gasteiger partial charge >= 0.3 is 24.2 Å². The molecule has 2 N–H and O–H groups in total. The van der Waals surface area contributed by atoms with E-state index < -0.39 is 77.7 Å². The zero-order valence-corrected chi connectivity index (χ0v) is 28.1. The van der Waals surface area contributed by atoms with Crippen molar-refractivity contribution in [2.24, 2.45) is 0 Å². The summed E-state index contributed by atoms with van der Waals surface area (Å²) in [6.45, 7) is 15.0. The lowest BCUT2D eigenvalue weighted by molar-refractivity contribution is -0.142. The van der Waals surface area contributed by atoms with Crippen molar-refractivity contribution < 1.29 is 61.6 Å². The molecule has 0 aliphatic carbocycles. The molecular formula is C30H50F3N3O10. The molecule has 3 aliphatic rings. The van der Waals surface area contributed by atoms with Crippen LogP contribution >= 0.6 is 0 Å². The van der Waals surface area contributed by atoms with Crippen LogP contribution in [0.4, 0.5) is 27.6 Å². The minimum absolute atomic E-state index is 0.0140. The normalized spacial score (nSPS) is 26.3. The second kappa shape index (κ2) is 16.5. The predicted molar refractivity (Wildman–Crippen MR) is 160 cm³/mol. The Morgan fingerprint density at radius 1 is 0.674 bits per heavy atom. The first-order chi connectivity index (χ1) is 20.9. The molecule has 3 saturated heterocycles. The van der Waals surface area contributed by atoms with Crippen LogP contribution in [0.15, 0.2) is 0 Å². The highest BCUT2D eigenvalue weighted by Crippen LogP contribution is 2.25. The molecule has 0 spiro atoms. The molecule has 3 heterocycles. The van der Waals surface area contributed by atoms with Gasteiger partial charge in [-0.1, -0.05) is 0 Å². The van der Waals surface area contributed by atoms with E-state index in [1.165, 1.54) is 4.90 Å². The second-order valence-electron chi connectivity index (χ2n) is 14.3. The maximum absolute atomic E-state index is 13.1. The van der Waals surface area contributed by atoms with Gasteiger partial charge in [0.1, 0.15) is 47.6 Å². The molecule has 16 heteroatoms. The molecule has 46 heavy (non-hydrogen) atoms. The highest BCUT2D eigenvalue weighted by molar-refractivity contribution is 5.81. The van der Waals surface area contributed by atoms with Crippen LogP contribution in [0.5, 0.6) is 0 Å². The summed E-state index contributed by atoms with van der Waals surface area (Å²) in [4.78, 5) is 59.5. The Balaban J connectivity index is 0.000000345. The van der Waals surface area contributed by atoms with Crippen molar-refractivity contribution in [1.82, 2.24) is 14.7 Å². The molecule has 266 valence electrons. The Bertz CT molecular complexity index is 1060. The third-order valence-electron chi connectivity index (χ3n) is 6.44. The zero-order chi connectivity index (χ0) is 35.8. The number of ether oxygens (including phenoxy) is 3. The van der Waals surface area contributed by atoms with E-state index in [-0.39, 0.29) is 45.5 Å². The van der Waals surface area contributed by atoms with Crippen molar-refractivity contribution in [2.45, 2.75) is 135 Å². The fraction of sp³-hybridized carbons (Fsp3) is 0.833. The van der Waals surface area contributed by atoms with Gasteiger partial charge in [0.05, 0.1) is 38.3 Å². The number of aliphatic carboxylic acids is 1. The highest BCUT2D eigenvalue weighted by Gasteiger charge is 2.42. The molecule has 0 bridgehead atoms. The SMILES string of the molecule is CC(C)(C)OC(=O)N1C[C@@H](F)C[C@H]1C(=O)O.CC(C)(C)OC(=O)N1C[C@@H](F)C[C@H]1C=O.CC(C)(C)OC(=O)N1C[C@@H](F)C[C@H]1CO. The van der Waals surface area contributed by atoms with Gasteiger partial charge in [-0.3, -0.25) is 14.7 Å². The van der Waals surface area contributed by atoms with E-state index in [9.17, 15) is 37.1 Å². The van der Waals surface area contributed by atoms with Gasteiger partial charge in [0.15, 0.2) is 0 Å². The molecule has 0 aromatic carbocycles. The smallest absolute Gasteiger partial charge is 0.411 e. The van der Waals surface area contributed by atoms with E-state index >= 15 is 0 Å². The Morgan fingerprint density at radius 2 is 1.04 bits per heavy atom. The van der Waals surface area contributed by atoms with Crippen LogP contribution in [0.1, 0.15) is 81.6 Å². The molecule has 13 nitrogen and oxygen atoms in total. The number of carbonyl (C=O) groups is 5. The first kappa shape index (κ1) is 40.7. The van der Waals surface area contributed by atoms with Gasteiger partial charge in [0, 0.05) is 19.3 Å². The second-order valence-corrected chi connectivity index (χ2v) is 14.3. The predicted octanol–water partition coefficient (Wildman–Crippen LogP) is 4.28. The van der Waals surface area contributed by atoms with E-state index in [4.69, 9.17) is 24.4 Å². The number of amides is 3. The first-order valence-corrected chi connectivity index (χ1v) is 15.1. The maximum atomic E-state index is 13.1. The molecule has 3 aliphatic heterocycles. The Hall–Kier alpha value is -3.30. The van der Waals surface area contributed by atoms with E-state index in [1.807, 2.05) is 0 Å². The number of carboxylic acid groups (broad SMARTS) is 1. The average Bonchev–Trinajstić information content (AvgIpc) is 3.57. The van der Waals surface area contributed by atoms with E-state index in [0.717, 1.165) is 9.80 Å². The van der Waals surface area contributed by atoms with E-state index in [0.29, 0.717) is 6.29 Å². The molecule has 0 aromatic heterocycles. The molecular weight excluding hydrogens is 619 g/mol. The number of halogens is 3. The first-order valence-electron chi connectivity index (χ1n) is 15.1. The molecule has 0 unspecified atom stereocenters. The third-order valence-corrected chi connectivity index (χ3v) is 6.44. The summed E-state index contributed by atoms with van der Waals surface area (Å²) in [7, 11) is 0. The summed E-state index contributed by atoms with van der Waals surface area (Å²) in [6.07, 6.45) is -4.77. The number of aliphatic hydroxyl groups excluding tert-OH is 1. The monoisotopic (exact) mass is 669 g/mol. The third kappa shape index (κ3) is 14.0. The molecule has 3 rings (SSSR count). The van der Waals surface area contributed by atoms with Crippen LogP contribution in [0.2, 0.25) is 0 Å². The molecule has 0 aromatic rings. The number of nitrogens with zero attached hydrogens (tertiary/aromatic N) is 3. The Morgan fingerprint density at radius 3 is 1.46 bits per heavy atom. The summed E-state index contributed by atoms with van der Waals surface area (Å²) in [5.74, 6) is -1.20. The molecule has 0 radical (unpaired) electrons. The van der Waals surface area contributed by atoms with Gasteiger partial charge < -0.3 is 29.2 Å². The highest BCUT2D eigenvalue weighted by atomic mass is 19.1. The minimum atomic E-state index is -1.30. The largest absolute Gasteiger partial charge is 0.480 e. The van der Waals surface area contributed by atoms with Crippen molar-refractivity contribution in [3.8, 4) is 0 Å². The maximum Gasteiger partial charge on any atom is 0.411 e. The van der Waals surface area contributed by atoms with E-state index in [1.54, 1.807) is 62.3 Å². The molecule has 3 fully saturated rings. The molecule has 0 saturated carbocycles. The van der Waals surface area contributed by atoms with Gasteiger partial charge in [-0.15, -0.1) is 0 Å². The van der Waals surface area contributed by atoms with Gasteiger partial charge in [-0.25, -0.2) is 32.3 Å². The van der Waals surface area contributed by atoms with Crippen LogP contribution in [0.3, 0.4) is 0 Å². The number of carbonyl (C=O) groups excluding carboxylic acids is 4. The van der Waals surface area contributed by atoms with Crippen LogP contribution in [-0.2, 0) is 23.8 Å². The summed E-state index contributed by atoms with van der Waals surface area (Å²) in [5, 5.41) is 17.8. The van der Waals surface area contributed by atoms with Crippen LogP contribution in [-0.4, -0.2) is 135 Å². The van der Waals surface area contributed by atoms with E-state index in [2.05, 4.69) is 0 Å². The number of aldehydes is 1. The number of likely N-dealkylation sites (tertiary alicyclic amines) is 3. The van der Waals surface area contributed by atoms with Gasteiger partial charge in [-0.05, 0) is 62.3 Å². The molecule has 6 atom stereocenters. The number of aliphatic hydroxyl groups is 1. The quantitative estimate of drug-likeness (QED) is 0.328. The summed E-state index contributed by atoms with van der Waals surface area (Å²) < 4.78 is 54.3. The fourth-order valence-electron chi connectivity index (χ4n) is 4.59. The minimum Gasteiger partial charge on any atom is -0.480 e. The van der Waals surface area contributed by atoms with Crippen LogP contribution < -0.4 is 0 Å². The van der Waals surface area contributed by atoms with Gasteiger partial charge in [0.2, 0.25) is 0 Å². The number of carboxylic acids is 1. The van der Waals surface area contributed by atoms with Crippen molar-refractivity contribution >= 4 is 30.5 Å². The van der Waals surface area contributed by atoms with Crippen molar-refractivity contribution in [1.29, 1.82) is 0 Å². The van der Waals surface area contributed by atoms with Gasteiger partial charge in [0.25, 0.3) is 0 Å². The summed E-state index contributed by atoms with van der Waals surface area (Å²) >= 11 is 0. The number of alkyl halides is 3. The summed E-state index contributed by atoms with van der Waals surface area (Å²) in [5.41, 5.74) is -1.93. The lowest BCUT2D eigenvalue weighted by atomic mass is 10.2.